The third-order valence-electron chi connectivity index (χ3n) is 6.73. The monoisotopic (exact) mass is 463 g/mol. The summed E-state index contributed by atoms with van der Waals surface area (Å²) in [6, 6.07) is 42.2. The Morgan fingerprint density at radius 2 is 1.33 bits per heavy atom. The molecule has 0 spiro atoms. The number of nitrogens with zero attached hydrogens (tertiary/aromatic N) is 1. The van der Waals surface area contributed by atoms with Gasteiger partial charge in [-0.15, -0.1) is 0 Å². The van der Waals surface area contributed by atoms with Crippen LogP contribution >= 0.6 is 0 Å². The molecule has 0 aliphatic carbocycles. The minimum absolute atomic E-state index is 0.0820. The van der Waals surface area contributed by atoms with Gasteiger partial charge in [0.25, 0.3) is 0 Å². The van der Waals surface area contributed by atoms with Gasteiger partial charge < -0.3 is 9.55 Å². The average molecular weight is 463 g/mol. The van der Waals surface area contributed by atoms with Crippen molar-refractivity contribution in [3.05, 3.63) is 151 Å². The van der Waals surface area contributed by atoms with Crippen LogP contribution < -0.4 is 15.0 Å². The van der Waals surface area contributed by atoms with E-state index in [1.165, 1.54) is 33.1 Å². The molecule has 0 aromatic heterocycles. The van der Waals surface area contributed by atoms with E-state index in [-0.39, 0.29) is 6.85 Å². The van der Waals surface area contributed by atoms with E-state index in [2.05, 4.69) is 109 Å². The van der Waals surface area contributed by atoms with E-state index >= 15 is 0 Å². The van der Waals surface area contributed by atoms with Crippen LogP contribution in [0.4, 0.5) is 5.69 Å². The Morgan fingerprint density at radius 3 is 2.14 bits per heavy atom. The quantitative estimate of drug-likeness (QED) is 0.247. The highest BCUT2D eigenvalue weighted by molar-refractivity contribution is 6.83. The molecule has 0 unspecified atom stereocenters. The molecule has 0 atom stereocenters. The van der Waals surface area contributed by atoms with Crippen LogP contribution in [0.1, 0.15) is 11.1 Å². The van der Waals surface area contributed by atoms with Crippen LogP contribution in [0, 0.1) is 6.92 Å². The number of anilines is 1. The van der Waals surface area contributed by atoms with Gasteiger partial charge in [-0.25, -0.2) is 0 Å². The van der Waals surface area contributed by atoms with Crippen molar-refractivity contribution in [2.24, 2.45) is 0 Å². The molecule has 1 aliphatic heterocycles. The van der Waals surface area contributed by atoms with E-state index in [1.54, 1.807) is 0 Å². The molecule has 2 nitrogen and oxygen atoms in total. The van der Waals surface area contributed by atoms with Crippen LogP contribution in [-0.2, 0) is 0 Å². The van der Waals surface area contributed by atoms with Gasteiger partial charge in [0.15, 0.2) is 0 Å². The molecule has 0 fully saturated rings. The number of benzene rings is 5. The Balaban J connectivity index is 1.42. The van der Waals surface area contributed by atoms with Crippen molar-refractivity contribution < 1.29 is 4.74 Å². The summed E-state index contributed by atoms with van der Waals surface area (Å²) < 4.78 is 6.06. The number of ether oxygens (including phenoxy) is 1. The molecule has 1 heterocycles. The maximum atomic E-state index is 6.06. The lowest BCUT2D eigenvalue weighted by Crippen LogP contribution is -2.48. The average Bonchev–Trinajstić information content (AvgIpc) is 2.94. The van der Waals surface area contributed by atoms with E-state index in [9.17, 15) is 0 Å². The van der Waals surface area contributed by atoms with Gasteiger partial charge in [0.1, 0.15) is 11.5 Å². The first-order chi connectivity index (χ1) is 17.8. The zero-order valence-corrected chi connectivity index (χ0v) is 20.2. The molecular formula is C33H26BNO. The van der Waals surface area contributed by atoms with E-state index in [0.29, 0.717) is 0 Å². The maximum absolute atomic E-state index is 6.06. The Hall–Kier alpha value is -4.50. The lowest BCUT2D eigenvalue weighted by molar-refractivity contribution is 0.483. The fraction of sp³-hybridized carbons (Fsp3) is 0.0303. The predicted octanol–water partition coefficient (Wildman–Crippen LogP) is 7.80. The van der Waals surface area contributed by atoms with Crippen LogP contribution in [0.25, 0.3) is 16.5 Å². The van der Waals surface area contributed by atoms with Crippen molar-refractivity contribution >= 4 is 34.5 Å². The van der Waals surface area contributed by atoms with Gasteiger partial charge in [-0.05, 0) is 77.3 Å². The first-order valence-electron chi connectivity index (χ1n) is 12.3. The number of rotatable bonds is 5. The van der Waals surface area contributed by atoms with Gasteiger partial charge in [-0.2, -0.15) is 0 Å². The Labute approximate surface area is 212 Å². The van der Waals surface area contributed by atoms with Crippen molar-refractivity contribution in [2.45, 2.75) is 6.92 Å². The maximum Gasteiger partial charge on any atom is 0.320 e. The van der Waals surface area contributed by atoms with Crippen molar-refractivity contribution in [3.8, 4) is 11.5 Å². The summed E-state index contributed by atoms with van der Waals surface area (Å²) in [5.74, 6) is 3.93. The van der Waals surface area contributed by atoms with Gasteiger partial charge in [-0.3, -0.25) is 0 Å². The smallest absolute Gasteiger partial charge is 0.320 e. The summed E-state index contributed by atoms with van der Waals surface area (Å²) in [5, 5.41) is 2.49. The highest BCUT2D eigenvalue weighted by Crippen LogP contribution is 2.34. The van der Waals surface area contributed by atoms with E-state index in [1.807, 2.05) is 42.5 Å². The number of aryl methyl sites for hydroxylation is 1. The molecular weight excluding hydrogens is 437 g/mol. The zero-order valence-electron chi connectivity index (χ0n) is 20.2. The van der Waals surface area contributed by atoms with Gasteiger partial charge in [0.2, 0.25) is 0 Å². The lowest BCUT2D eigenvalue weighted by Gasteiger charge is -2.35. The second kappa shape index (κ2) is 9.63. The highest BCUT2D eigenvalue weighted by Gasteiger charge is 2.30. The molecule has 0 bridgehead atoms. The van der Waals surface area contributed by atoms with Crippen LogP contribution in [-0.4, -0.2) is 6.85 Å². The molecule has 0 saturated carbocycles. The zero-order chi connectivity index (χ0) is 24.3. The normalized spacial score (nSPS) is 13.1. The summed E-state index contributed by atoms with van der Waals surface area (Å²) >= 11 is 0. The lowest BCUT2D eigenvalue weighted by atomic mass is 9.51. The molecule has 5 aromatic rings. The number of fused-ring (bicyclic) bond motifs is 1. The Kier molecular flexibility index (Phi) is 5.89. The summed E-state index contributed by atoms with van der Waals surface area (Å²) in [6.07, 6.45) is 4.40. The molecule has 3 heteroatoms. The minimum atomic E-state index is 0.0820. The van der Waals surface area contributed by atoms with Gasteiger partial charge in [0.05, 0.1) is 0 Å². The predicted molar refractivity (Wildman–Crippen MR) is 153 cm³/mol. The standard InChI is InChI=1S/C33H26BNO/c1-25-10-5-8-15-32(25)34-23-9-16-33(28-18-17-26-11-6-7-12-27(26)24-28)35(34)29-19-21-31(22-20-29)36-30-13-3-2-4-14-30/h2-24H,1H3. The molecule has 0 saturated heterocycles. The fourth-order valence-corrected chi connectivity index (χ4v) is 4.91. The second-order valence-electron chi connectivity index (χ2n) is 9.08. The van der Waals surface area contributed by atoms with Crippen LogP contribution in [0.2, 0.25) is 0 Å². The van der Waals surface area contributed by atoms with Crippen LogP contribution in [0.3, 0.4) is 0 Å². The highest BCUT2D eigenvalue weighted by atomic mass is 16.5. The number of hydrogen-bond acceptors (Lipinski definition) is 2. The molecule has 0 amide bonds. The third kappa shape index (κ3) is 4.32. The minimum Gasteiger partial charge on any atom is -0.457 e. The molecule has 6 rings (SSSR count). The number of para-hydroxylation sites is 1. The van der Waals surface area contributed by atoms with E-state index in [0.717, 1.165) is 17.2 Å². The molecule has 5 aromatic carbocycles. The van der Waals surface area contributed by atoms with Crippen LogP contribution in [0.5, 0.6) is 11.5 Å². The van der Waals surface area contributed by atoms with Crippen molar-refractivity contribution in [1.82, 2.24) is 0 Å². The van der Waals surface area contributed by atoms with Gasteiger partial charge in [0, 0.05) is 11.4 Å². The number of hydrogen-bond donors (Lipinski definition) is 0. The van der Waals surface area contributed by atoms with E-state index < -0.39 is 0 Å². The summed E-state index contributed by atoms with van der Waals surface area (Å²) in [5.41, 5.74) is 6.06. The fourth-order valence-electron chi connectivity index (χ4n) is 4.91. The Morgan fingerprint density at radius 1 is 0.639 bits per heavy atom. The van der Waals surface area contributed by atoms with Gasteiger partial charge in [-0.1, -0.05) is 96.5 Å². The largest absolute Gasteiger partial charge is 0.457 e. The number of allylic oxidation sites excluding steroid dienone is 2. The molecule has 0 N–H and O–H groups in total. The summed E-state index contributed by atoms with van der Waals surface area (Å²) in [4.78, 5) is 2.43. The summed E-state index contributed by atoms with van der Waals surface area (Å²) in [6.45, 7) is 2.27. The summed E-state index contributed by atoms with van der Waals surface area (Å²) in [7, 11) is 0. The second-order valence-corrected chi connectivity index (χ2v) is 9.08. The SMILES string of the molecule is Cc1ccccc1B1C=CC=C(c2ccc3ccccc3c2)N1c1ccc(Oc2ccccc2)cc1. The molecule has 36 heavy (non-hydrogen) atoms. The molecule has 172 valence electrons. The first-order valence-corrected chi connectivity index (χ1v) is 12.3. The Bertz CT molecular complexity index is 1570. The topological polar surface area (TPSA) is 12.5 Å². The first kappa shape index (κ1) is 22.0. The van der Waals surface area contributed by atoms with Crippen molar-refractivity contribution in [2.75, 3.05) is 4.81 Å². The van der Waals surface area contributed by atoms with Crippen LogP contribution in [0.15, 0.2) is 139 Å². The van der Waals surface area contributed by atoms with Crippen molar-refractivity contribution in [1.29, 1.82) is 0 Å². The third-order valence-corrected chi connectivity index (χ3v) is 6.73. The molecule has 0 radical (unpaired) electrons. The van der Waals surface area contributed by atoms with Crippen molar-refractivity contribution in [3.63, 3.8) is 0 Å². The molecule has 1 aliphatic rings. The van der Waals surface area contributed by atoms with Gasteiger partial charge >= 0.3 is 6.85 Å². The van der Waals surface area contributed by atoms with E-state index in [4.69, 9.17) is 4.74 Å².